The van der Waals surface area contributed by atoms with Gasteiger partial charge in [-0.15, -0.1) is 12.4 Å². The van der Waals surface area contributed by atoms with Crippen LogP contribution in [-0.4, -0.2) is 49.3 Å². The number of piperazine rings is 1. The van der Waals surface area contributed by atoms with Crippen LogP contribution >= 0.6 is 12.4 Å². The molecule has 0 radical (unpaired) electrons. The van der Waals surface area contributed by atoms with Crippen molar-refractivity contribution in [1.29, 1.82) is 0 Å². The quantitative estimate of drug-likeness (QED) is 0.920. The Morgan fingerprint density at radius 3 is 2.55 bits per heavy atom. The SMILES string of the molecule is C[C@H]1CNCCN1C(=O)c1ccc(OCC(F)(F)F)cc1.Cl. The van der Waals surface area contributed by atoms with Crippen molar-refractivity contribution in [3.8, 4) is 5.75 Å². The molecule has 0 bridgehead atoms. The molecule has 1 heterocycles. The third kappa shape index (κ3) is 5.06. The molecule has 22 heavy (non-hydrogen) atoms. The summed E-state index contributed by atoms with van der Waals surface area (Å²) < 4.78 is 40.7. The molecule has 0 unspecified atom stereocenters. The van der Waals surface area contributed by atoms with Crippen LogP contribution in [0.25, 0.3) is 0 Å². The zero-order valence-electron chi connectivity index (χ0n) is 12.0. The lowest BCUT2D eigenvalue weighted by molar-refractivity contribution is -0.153. The van der Waals surface area contributed by atoms with Crippen molar-refractivity contribution in [3.63, 3.8) is 0 Å². The normalized spacial score (nSPS) is 18.5. The predicted molar refractivity (Wildman–Crippen MR) is 78.6 cm³/mol. The number of benzene rings is 1. The van der Waals surface area contributed by atoms with Crippen LogP contribution in [0.15, 0.2) is 24.3 Å². The molecule has 124 valence electrons. The van der Waals surface area contributed by atoms with Gasteiger partial charge < -0.3 is 15.0 Å². The third-order valence-electron chi connectivity index (χ3n) is 3.27. The van der Waals surface area contributed by atoms with Gasteiger partial charge in [0.15, 0.2) is 6.61 Å². The highest BCUT2D eigenvalue weighted by Gasteiger charge is 2.28. The fraction of sp³-hybridized carbons (Fsp3) is 0.500. The zero-order valence-corrected chi connectivity index (χ0v) is 12.8. The first-order chi connectivity index (χ1) is 9.87. The lowest BCUT2D eigenvalue weighted by Gasteiger charge is -2.34. The predicted octanol–water partition coefficient (Wildman–Crippen LogP) is 2.48. The van der Waals surface area contributed by atoms with Gasteiger partial charge in [-0.05, 0) is 31.2 Å². The van der Waals surface area contributed by atoms with E-state index in [0.29, 0.717) is 12.1 Å². The number of nitrogens with one attached hydrogen (secondary N) is 1. The molecule has 1 saturated heterocycles. The Morgan fingerprint density at radius 1 is 1.36 bits per heavy atom. The number of carbonyl (C=O) groups excluding carboxylic acids is 1. The number of hydrogen-bond acceptors (Lipinski definition) is 3. The van der Waals surface area contributed by atoms with Gasteiger partial charge in [-0.2, -0.15) is 13.2 Å². The second-order valence-corrected chi connectivity index (χ2v) is 4.98. The Hall–Kier alpha value is -1.47. The van der Waals surface area contributed by atoms with E-state index in [1.54, 1.807) is 4.90 Å². The molecule has 0 saturated carbocycles. The Labute approximate surface area is 133 Å². The first-order valence-electron chi connectivity index (χ1n) is 6.68. The molecular weight excluding hydrogens is 321 g/mol. The number of carbonyl (C=O) groups is 1. The highest BCUT2D eigenvalue weighted by molar-refractivity contribution is 5.94. The lowest BCUT2D eigenvalue weighted by atomic mass is 10.1. The van der Waals surface area contributed by atoms with E-state index in [-0.39, 0.29) is 30.1 Å². The zero-order chi connectivity index (χ0) is 15.5. The number of alkyl halides is 3. The number of rotatable bonds is 3. The van der Waals surface area contributed by atoms with Crippen LogP contribution in [0.1, 0.15) is 17.3 Å². The maximum Gasteiger partial charge on any atom is 0.422 e. The van der Waals surface area contributed by atoms with Crippen LogP contribution in [0.2, 0.25) is 0 Å². The number of hydrogen-bond donors (Lipinski definition) is 1. The molecule has 0 aliphatic carbocycles. The molecule has 8 heteroatoms. The summed E-state index contributed by atoms with van der Waals surface area (Å²) in [5, 5.41) is 3.19. The summed E-state index contributed by atoms with van der Waals surface area (Å²) in [5.41, 5.74) is 0.447. The van der Waals surface area contributed by atoms with Crippen molar-refractivity contribution in [3.05, 3.63) is 29.8 Å². The minimum absolute atomic E-state index is 0. The second kappa shape index (κ2) is 7.69. The topological polar surface area (TPSA) is 41.6 Å². The van der Waals surface area contributed by atoms with E-state index < -0.39 is 12.8 Å². The lowest BCUT2D eigenvalue weighted by Crippen LogP contribution is -2.52. The van der Waals surface area contributed by atoms with Crippen LogP contribution in [-0.2, 0) is 0 Å². The van der Waals surface area contributed by atoms with Crippen LogP contribution in [0.5, 0.6) is 5.75 Å². The first-order valence-corrected chi connectivity index (χ1v) is 6.68. The number of amides is 1. The largest absolute Gasteiger partial charge is 0.484 e. The molecule has 1 aliphatic rings. The molecule has 1 aromatic carbocycles. The average molecular weight is 339 g/mol. The molecule has 1 amide bonds. The Balaban J connectivity index is 0.00000242. The molecule has 0 spiro atoms. The van der Waals surface area contributed by atoms with Gasteiger partial charge in [-0.3, -0.25) is 4.79 Å². The van der Waals surface area contributed by atoms with Gasteiger partial charge in [-0.25, -0.2) is 0 Å². The van der Waals surface area contributed by atoms with Gasteiger partial charge in [-0.1, -0.05) is 0 Å². The van der Waals surface area contributed by atoms with Gasteiger partial charge in [0.2, 0.25) is 0 Å². The third-order valence-corrected chi connectivity index (χ3v) is 3.27. The first kappa shape index (κ1) is 18.6. The van der Waals surface area contributed by atoms with E-state index in [9.17, 15) is 18.0 Å². The molecule has 1 N–H and O–H groups in total. The second-order valence-electron chi connectivity index (χ2n) is 4.98. The van der Waals surface area contributed by atoms with Crippen molar-refractivity contribution in [2.75, 3.05) is 26.2 Å². The van der Waals surface area contributed by atoms with Crippen LogP contribution < -0.4 is 10.1 Å². The molecule has 4 nitrogen and oxygen atoms in total. The summed E-state index contributed by atoms with van der Waals surface area (Å²) in [6.07, 6.45) is -4.37. The monoisotopic (exact) mass is 338 g/mol. The van der Waals surface area contributed by atoms with E-state index >= 15 is 0 Å². The van der Waals surface area contributed by atoms with Crippen molar-refractivity contribution in [2.24, 2.45) is 0 Å². The molecule has 2 rings (SSSR count). The van der Waals surface area contributed by atoms with Crippen molar-refractivity contribution < 1.29 is 22.7 Å². The minimum Gasteiger partial charge on any atom is -0.484 e. The maximum absolute atomic E-state index is 12.3. The summed E-state index contributed by atoms with van der Waals surface area (Å²) in [6, 6.07) is 5.83. The van der Waals surface area contributed by atoms with Gasteiger partial charge in [0.25, 0.3) is 5.91 Å². The summed E-state index contributed by atoms with van der Waals surface area (Å²) >= 11 is 0. The van der Waals surface area contributed by atoms with Gasteiger partial charge >= 0.3 is 6.18 Å². The molecule has 1 fully saturated rings. The Morgan fingerprint density at radius 2 is 2.00 bits per heavy atom. The maximum atomic E-state index is 12.3. The van der Waals surface area contributed by atoms with Gasteiger partial charge in [0.05, 0.1) is 0 Å². The summed E-state index contributed by atoms with van der Waals surface area (Å²) in [4.78, 5) is 14.1. The van der Waals surface area contributed by atoms with Crippen molar-refractivity contribution in [2.45, 2.75) is 19.1 Å². The molecule has 1 aromatic rings. The smallest absolute Gasteiger partial charge is 0.422 e. The van der Waals surface area contributed by atoms with Crippen molar-refractivity contribution in [1.82, 2.24) is 10.2 Å². The Kier molecular flexibility index (Phi) is 6.49. The highest BCUT2D eigenvalue weighted by atomic mass is 35.5. The number of nitrogens with zero attached hydrogens (tertiary/aromatic N) is 1. The summed E-state index contributed by atoms with van der Waals surface area (Å²) in [6.45, 7) is 2.70. The van der Waals surface area contributed by atoms with Crippen molar-refractivity contribution >= 4 is 18.3 Å². The fourth-order valence-electron chi connectivity index (χ4n) is 2.17. The van der Waals surface area contributed by atoms with Crippen LogP contribution in [0.3, 0.4) is 0 Å². The number of halogens is 4. The van der Waals surface area contributed by atoms with Gasteiger partial charge in [0.1, 0.15) is 5.75 Å². The molecule has 0 aromatic heterocycles. The van der Waals surface area contributed by atoms with E-state index in [2.05, 4.69) is 10.1 Å². The van der Waals surface area contributed by atoms with E-state index in [1.165, 1.54) is 24.3 Å². The van der Waals surface area contributed by atoms with Gasteiger partial charge in [0, 0.05) is 31.2 Å². The fourth-order valence-corrected chi connectivity index (χ4v) is 2.17. The molecule has 1 atom stereocenters. The average Bonchev–Trinajstić information content (AvgIpc) is 2.45. The van der Waals surface area contributed by atoms with Crippen LogP contribution in [0.4, 0.5) is 13.2 Å². The van der Waals surface area contributed by atoms with E-state index in [1.807, 2.05) is 6.92 Å². The highest BCUT2D eigenvalue weighted by Crippen LogP contribution is 2.19. The number of ether oxygens (including phenoxy) is 1. The van der Waals surface area contributed by atoms with E-state index in [0.717, 1.165) is 13.1 Å². The minimum atomic E-state index is -4.37. The Bertz CT molecular complexity index is 494. The standard InChI is InChI=1S/C14H17F3N2O2.ClH/c1-10-8-18-6-7-19(10)13(20)11-2-4-12(5-3-11)21-9-14(15,16)17;/h2-5,10,18H,6-9H2,1H3;1H/t10-;/m0./s1. The van der Waals surface area contributed by atoms with E-state index in [4.69, 9.17) is 0 Å². The summed E-state index contributed by atoms with van der Waals surface area (Å²) in [5.74, 6) is -0.0244. The molecular formula is C14H18ClF3N2O2. The molecule has 1 aliphatic heterocycles. The summed E-state index contributed by atoms with van der Waals surface area (Å²) in [7, 11) is 0. The van der Waals surface area contributed by atoms with Crippen LogP contribution in [0, 0.1) is 0 Å².